The molecule has 1 aliphatic rings. The largest absolute Gasteiger partial charge is 0.508 e. The molecule has 0 aliphatic heterocycles. The number of benzene rings is 4. The predicted octanol–water partition coefficient (Wildman–Crippen LogP) is 6.63. The fourth-order valence-corrected chi connectivity index (χ4v) is 6.15. The number of aromatic amines is 1. The van der Waals surface area contributed by atoms with E-state index in [0.717, 1.165) is 32.8 Å². The van der Waals surface area contributed by atoms with Gasteiger partial charge in [0, 0.05) is 53.2 Å². The Balaban J connectivity index is 1.44. The van der Waals surface area contributed by atoms with Gasteiger partial charge in [0.15, 0.2) is 16.9 Å². The Kier molecular flexibility index (Phi) is 6.55. The summed E-state index contributed by atoms with van der Waals surface area (Å²) in [6, 6.07) is 18.2. The van der Waals surface area contributed by atoms with Gasteiger partial charge >= 0.3 is 0 Å². The summed E-state index contributed by atoms with van der Waals surface area (Å²) < 4.78 is 17.9. The maximum atomic E-state index is 13.7. The monoisotopic (exact) mass is 575 g/mol. The highest BCUT2D eigenvalue weighted by Crippen LogP contribution is 2.48. The van der Waals surface area contributed by atoms with Crippen LogP contribution in [0.25, 0.3) is 50.0 Å². The molecule has 2 heterocycles. The van der Waals surface area contributed by atoms with Crippen molar-refractivity contribution in [3.8, 4) is 34.3 Å². The average molecular weight is 576 g/mol. The number of aromatic hydroxyl groups is 2. The van der Waals surface area contributed by atoms with Gasteiger partial charge in [0.2, 0.25) is 5.75 Å². The molecule has 1 atom stereocenters. The minimum Gasteiger partial charge on any atom is -0.508 e. The van der Waals surface area contributed by atoms with Gasteiger partial charge in [-0.2, -0.15) is 0 Å². The second kappa shape index (κ2) is 10.6. The molecular formula is C35H29NO7. The average Bonchev–Trinajstić information content (AvgIpc) is 3.49. The summed E-state index contributed by atoms with van der Waals surface area (Å²) in [5.74, 6) is 0.163. The summed E-state index contributed by atoms with van der Waals surface area (Å²) in [4.78, 5) is 17.1. The topological polar surface area (TPSA) is 125 Å². The lowest BCUT2D eigenvalue weighted by Gasteiger charge is -2.24. The van der Waals surface area contributed by atoms with E-state index < -0.39 is 0 Å². The zero-order valence-electron chi connectivity index (χ0n) is 23.4. The van der Waals surface area contributed by atoms with Crippen molar-refractivity contribution in [2.45, 2.75) is 18.8 Å². The molecule has 1 aliphatic carbocycles. The van der Waals surface area contributed by atoms with Crippen LogP contribution in [0.2, 0.25) is 0 Å². The highest BCUT2D eigenvalue weighted by molar-refractivity contribution is 6.12. The second-order valence-electron chi connectivity index (χ2n) is 10.7. The first-order valence-corrected chi connectivity index (χ1v) is 14.1. The Morgan fingerprint density at radius 1 is 0.977 bits per heavy atom. The molecule has 4 N–H and O–H groups in total. The van der Waals surface area contributed by atoms with Gasteiger partial charge < -0.3 is 34.2 Å². The number of rotatable bonds is 8. The highest BCUT2D eigenvalue weighted by Gasteiger charge is 2.29. The standard InChI is InChI=1S/C35H29NO7/c1-41-35-32(40)26(16-20-6-7-21-17-27-24(12-13-36-27)25-5-2-4-23(20)30(21)25)33-31(34(35)42-15-3-14-37)28(39)18-29(43-33)19-8-10-22(38)11-9-19/h2,4-13,17-18,20,36-38,40H,3,14-16H2,1H3/t20-/m0/s1. The van der Waals surface area contributed by atoms with Gasteiger partial charge in [0.1, 0.15) is 22.5 Å². The van der Waals surface area contributed by atoms with Crippen molar-refractivity contribution in [2.75, 3.05) is 20.3 Å². The van der Waals surface area contributed by atoms with Crippen LogP contribution in [0.15, 0.2) is 82.1 Å². The van der Waals surface area contributed by atoms with E-state index in [9.17, 15) is 20.1 Å². The van der Waals surface area contributed by atoms with Crippen molar-refractivity contribution in [3.63, 3.8) is 0 Å². The molecule has 7 rings (SSSR count). The highest BCUT2D eigenvalue weighted by atomic mass is 16.5. The number of phenols is 2. The first-order valence-electron chi connectivity index (χ1n) is 14.1. The Labute approximate surface area is 246 Å². The number of allylic oxidation sites excluding steroid dienone is 1. The molecule has 0 radical (unpaired) electrons. The molecule has 0 saturated carbocycles. The molecule has 8 nitrogen and oxygen atoms in total. The van der Waals surface area contributed by atoms with Crippen LogP contribution in [-0.4, -0.2) is 40.6 Å². The molecule has 0 unspecified atom stereocenters. The summed E-state index contributed by atoms with van der Waals surface area (Å²) in [7, 11) is 1.41. The van der Waals surface area contributed by atoms with Gasteiger partial charge in [0.05, 0.1) is 13.7 Å². The van der Waals surface area contributed by atoms with E-state index in [-0.39, 0.29) is 64.3 Å². The first kappa shape index (κ1) is 26.7. The third-order valence-corrected chi connectivity index (χ3v) is 8.15. The molecule has 2 aromatic heterocycles. The van der Waals surface area contributed by atoms with Gasteiger partial charge in [-0.15, -0.1) is 0 Å². The van der Waals surface area contributed by atoms with Crippen LogP contribution in [0, 0.1) is 0 Å². The van der Waals surface area contributed by atoms with Crippen molar-refractivity contribution >= 4 is 38.7 Å². The fourth-order valence-electron chi connectivity index (χ4n) is 6.15. The van der Waals surface area contributed by atoms with E-state index in [1.54, 1.807) is 12.1 Å². The number of nitrogens with one attached hydrogen (secondary N) is 1. The minimum atomic E-state index is -0.371. The van der Waals surface area contributed by atoms with Gasteiger partial charge in [-0.3, -0.25) is 4.79 Å². The predicted molar refractivity (Wildman–Crippen MR) is 166 cm³/mol. The first-order chi connectivity index (χ1) is 21.0. The zero-order valence-corrected chi connectivity index (χ0v) is 23.4. The van der Waals surface area contributed by atoms with Crippen LogP contribution in [-0.2, 0) is 6.42 Å². The van der Waals surface area contributed by atoms with Crippen molar-refractivity contribution in [3.05, 3.63) is 99.9 Å². The smallest absolute Gasteiger partial charge is 0.204 e. The van der Waals surface area contributed by atoms with Crippen molar-refractivity contribution in [1.82, 2.24) is 4.98 Å². The number of hydrogen-bond acceptors (Lipinski definition) is 7. The summed E-state index contributed by atoms with van der Waals surface area (Å²) in [5.41, 5.74) is 4.10. The number of fused-ring (bicyclic) bond motifs is 3. The Morgan fingerprint density at radius 2 is 1.81 bits per heavy atom. The Morgan fingerprint density at radius 3 is 2.60 bits per heavy atom. The maximum absolute atomic E-state index is 13.7. The molecule has 0 saturated heterocycles. The van der Waals surface area contributed by atoms with Crippen molar-refractivity contribution < 1.29 is 29.2 Å². The van der Waals surface area contributed by atoms with Gasteiger partial charge in [0.25, 0.3) is 0 Å². The van der Waals surface area contributed by atoms with Crippen LogP contribution < -0.4 is 14.9 Å². The number of aliphatic hydroxyl groups is 1. The van der Waals surface area contributed by atoms with Crippen LogP contribution >= 0.6 is 0 Å². The van der Waals surface area contributed by atoms with Crippen LogP contribution in [0.1, 0.15) is 29.0 Å². The minimum absolute atomic E-state index is 0.0394. The SMILES string of the molecule is COc1c(O)c(C[C@@H]2C=Cc3cc4[nH]ccc4c4cccc2c34)c2oc(-c3ccc(O)cc3)cc(=O)c2c1OCCCO. The number of aromatic nitrogens is 1. The Hall–Kier alpha value is -5.21. The molecule has 4 aromatic carbocycles. The number of aliphatic hydroxyl groups excluding tert-OH is 1. The lowest BCUT2D eigenvalue weighted by molar-refractivity contribution is 0.228. The molecule has 6 aromatic rings. The molecule has 0 fully saturated rings. The lowest BCUT2D eigenvalue weighted by Crippen LogP contribution is -2.11. The van der Waals surface area contributed by atoms with Crippen molar-refractivity contribution in [1.29, 1.82) is 0 Å². The maximum Gasteiger partial charge on any atom is 0.204 e. The summed E-state index contributed by atoms with van der Waals surface area (Å²) in [6.07, 6.45) is 6.79. The molecule has 8 heteroatoms. The zero-order chi connectivity index (χ0) is 29.7. The lowest BCUT2D eigenvalue weighted by atomic mass is 9.81. The van der Waals surface area contributed by atoms with E-state index in [1.807, 2.05) is 12.3 Å². The van der Waals surface area contributed by atoms with E-state index in [4.69, 9.17) is 13.9 Å². The normalized spacial score (nSPS) is 14.1. The molecule has 0 spiro atoms. The molecule has 43 heavy (non-hydrogen) atoms. The summed E-state index contributed by atoms with van der Waals surface area (Å²) >= 11 is 0. The van der Waals surface area contributed by atoms with Crippen LogP contribution in [0.3, 0.4) is 0 Å². The van der Waals surface area contributed by atoms with Gasteiger partial charge in [-0.05, 0) is 64.7 Å². The molecular weight excluding hydrogens is 546 g/mol. The summed E-state index contributed by atoms with van der Waals surface area (Å²) in [5, 5.41) is 34.3. The van der Waals surface area contributed by atoms with E-state index >= 15 is 0 Å². The van der Waals surface area contributed by atoms with Crippen LogP contribution in [0.4, 0.5) is 0 Å². The molecule has 0 amide bonds. The van der Waals surface area contributed by atoms with Crippen molar-refractivity contribution in [2.24, 2.45) is 0 Å². The number of phenolic OH excluding ortho intramolecular Hbond substituents is 2. The number of hydrogen-bond donors (Lipinski definition) is 4. The van der Waals surface area contributed by atoms with Gasteiger partial charge in [-0.25, -0.2) is 0 Å². The quantitative estimate of drug-likeness (QED) is 0.150. The number of H-pyrrole nitrogens is 1. The third kappa shape index (κ3) is 4.38. The van der Waals surface area contributed by atoms with E-state index in [2.05, 4.69) is 41.4 Å². The number of methoxy groups -OCH3 is 1. The summed E-state index contributed by atoms with van der Waals surface area (Å²) in [6.45, 7) is 0.0116. The van der Waals surface area contributed by atoms with E-state index in [1.165, 1.54) is 25.3 Å². The van der Waals surface area contributed by atoms with E-state index in [0.29, 0.717) is 24.0 Å². The number of ether oxygens (including phenoxy) is 2. The van der Waals surface area contributed by atoms with Crippen LogP contribution in [0.5, 0.6) is 23.0 Å². The molecule has 0 bridgehead atoms. The third-order valence-electron chi connectivity index (χ3n) is 8.15. The Bertz CT molecular complexity index is 2100. The molecule has 216 valence electrons. The second-order valence-corrected chi connectivity index (χ2v) is 10.7. The fraction of sp³-hybridized carbons (Fsp3) is 0.171. The van der Waals surface area contributed by atoms with Gasteiger partial charge in [-0.1, -0.05) is 30.4 Å².